The lowest BCUT2D eigenvalue weighted by Gasteiger charge is -2.09. The molecule has 0 radical (unpaired) electrons. The highest BCUT2D eigenvalue weighted by Gasteiger charge is 2.07. The van der Waals surface area contributed by atoms with Crippen molar-refractivity contribution in [2.45, 2.75) is 19.9 Å². The topological polar surface area (TPSA) is 34.1 Å². The van der Waals surface area contributed by atoms with Crippen LogP contribution in [0, 0.1) is 5.82 Å². The van der Waals surface area contributed by atoms with Crippen molar-refractivity contribution in [2.75, 3.05) is 6.54 Å². The van der Waals surface area contributed by atoms with Crippen LogP contribution >= 0.6 is 27.5 Å². The molecule has 0 unspecified atom stereocenters. The molecule has 0 aliphatic carbocycles. The molecule has 6 heteroatoms. The van der Waals surface area contributed by atoms with Crippen LogP contribution in [0.15, 0.2) is 34.9 Å². The van der Waals surface area contributed by atoms with E-state index in [2.05, 4.69) is 33.2 Å². The number of aromatic nitrogens is 1. The molecule has 1 N–H and O–H groups in total. The van der Waals surface area contributed by atoms with Gasteiger partial charge in [-0.25, -0.2) is 9.37 Å². The number of rotatable bonds is 6. The number of nitrogens with one attached hydrogen (secondary N) is 1. The number of pyridine rings is 1. The highest BCUT2D eigenvalue weighted by atomic mass is 79.9. The number of hydrogen-bond donors (Lipinski definition) is 1. The molecule has 1 heterocycles. The van der Waals surface area contributed by atoms with E-state index in [1.807, 2.05) is 0 Å². The van der Waals surface area contributed by atoms with Gasteiger partial charge in [0.15, 0.2) is 0 Å². The van der Waals surface area contributed by atoms with Gasteiger partial charge in [-0.1, -0.05) is 18.5 Å². The standard InChI is InChI=1S/C15H15BrClFN2O/c1-2-5-19-8-10-6-15(20-9-13(10)17)21-11-3-4-14(18)12(16)7-11/h3-4,6-7,9,19H,2,5,8H2,1H3. The Labute approximate surface area is 136 Å². The summed E-state index contributed by atoms with van der Waals surface area (Å²) < 4.78 is 19.2. The van der Waals surface area contributed by atoms with Crippen LogP contribution in [0.2, 0.25) is 5.02 Å². The minimum absolute atomic E-state index is 0.337. The van der Waals surface area contributed by atoms with Gasteiger partial charge in [-0.05, 0) is 52.7 Å². The van der Waals surface area contributed by atoms with E-state index < -0.39 is 0 Å². The van der Waals surface area contributed by atoms with E-state index in [1.54, 1.807) is 24.4 Å². The highest BCUT2D eigenvalue weighted by molar-refractivity contribution is 9.10. The van der Waals surface area contributed by atoms with Crippen LogP contribution in [0.5, 0.6) is 11.6 Å². The Kier molecular flexibility index (Phi) is 5.96. The minimum atomic E-state index is -0.337. The van der Waals surface area contributed by atoms with Crippen molar-refractivity contribution < 1.29 is 9.13 Å². The van der Waals surface area contributed by atoms with Crippen molar-refractivity contribution in [1.82, 2.24) is 10.3 Å². The van der Waals surface area contributed by atoms with Gasteiger partial charge in [-0.15, -0.1) is 0 Å². The monoisotopic (exact) mass is 372 g/mol. The normalized spacial score (nSPS) is 10.7. The quantitative estimate of drug-likeness (QED) is 0.729. The first-order valence-electron chi connectivity index (χ1n) is 6.58. The van der Waals surface area contributed by atoms with E-state index in [-0.39, 0.29) is 5.82 Å². The molecule has 0 spiro atoms. The van der Waals surface area contributed by atoms with Crippen molar-refractivity contribution in [3.05, 3.63) is 51.3 Å². The second-order valence-electron chi connectivity index (χ2n) is 4.47. The molecule has 1 aromatic carbocycles. The Balaban J connectivity index is 2.12. The van der Waals surface area contributed by atoms with Crippen LogP contribution in [0.4, 0.5) is 4.39 Å². The zero-order valence-corrected chi connectivity index (χ0v) is 13.8. The summed E-state index contributed by atoms with van der Waals surface area (Å²) in [4.78, 5) is 4.12. The van der Waals surface area contributed by atoms with E-state index in [0.717, 1.165) is 18.5 Å². The van der Waals surface area contributed by atoms with E-state index in [4.69, 9.17) is 16.3 Å². The van der Waals surface area contributed by atoms with Gasteiger partial charge in [-0.2, -0.15) is 0 Å². The van der Waals surface area contributed by atoms with Gasteiger partial charge < -0.3 is 10.1 Å². The Bertz CT molecular complexity index is 625. The van der Waals surface area contributed by atoms with Gasteiger partial charge in [0.05, 0.1) is 9.50 Å². The zero-order chi connectivity index (χ0) is 15.2. The summed E-state index contributed by atoms with van der Waals surface area (Å²) in [7, 11) is 0. The summed E-state index contributed by atoms with van der Waals surface area (Å²) in [6.07, 6.45) is 2.61. The molecule has 0 aliphatic rings. The minimum Gasteiger partial charge on any atom is -0.439 e. The SMILES string of the molecule is CCCNCc1cc(Oc2ccc(F)c(Br)c2)ncc1Cl. The van der Waals surface area contributed by atoms with E-state index >= 15 is 0 Å². The summed E-state index contributed by atoms with van der Waals surface area (Å²) >= 11 is 9.23. The second-order valence-corrected chi connectivity index (χ2v) is 5.73. The number of halogens is 3. The number of ether oxygens (including phenoxy) is 1. The van der Waals surface area contributed by atoms with Gasteiger partial charge in [0.25, 0.3) is 0 Å². The Hall–Kier alpha value is -1.17. The Morgan fingerprint density at radius 2 is 2.19 bits per heavy atom. The molecule has 1 aromatic heterocycles. The molecular formula is C15H15BrClFN2O. The summed E-state index contributed by atoms with van der Waals surface area (Å²) in [5, 5.41) is 3.86. The zero-order valence-electron chi connectivity index (χ0n) is 11.5. The van der Waals surface area contributed by atoms with Gasteiger partial charge in [-0.3, -0.25) is 0 Å². The molecular weight excluding hydrogens is 359 g/mol. The lowest BCUT2D eigenvalue weighted by Crippen LogP contribution is -2.14. The summed E-state index contributed by atoms with van der Waals surface area (Å²) in [5.41, 5.74) is 0.913. The van der Waals surface area contributed by atoms with Crippen molar-refractivity contribution >= 4 is 27.5 Å². The molecule has 2 aromatic rings. The smallest absolute Gasteiger partial charge is 0.219 e. The van der Waals surface area contributed by atoms with Crippen LogP contribution in [0.1, 0.15) is 18.9 Å². The molecule has 0 fully saturated rings. The molecule has 0 bridgehead atoms. The predicted molar refractivity (Wildman–Crippen MR) is 85.4 cm³/mol. The third kappa shape index (κ3) is 4.66. The first kappa shape index (κ1) is 16.2. The first-order chi connectivity index (χ1) is 10.1. The average molecular weight is 374 g/mol. The maximum Gasteiger partial charge on any atom is 0.219 e. The van der Waals surface area contributed by atoms with Gasteiger partial charge in [0, 0.05) is 18.8 Å². The maximum absolute atomic E-state index is 13.2. The first-order valence-corrected chi connectivity index (χ1v) is 7.75. The number of hydrogen-bond acceptors (Lipinski definition) is 3. The summed E-state index contributed by atoms with van der Waals surface area (Å²) in [5.74, 6) is 0.590. The molecule has 21 heavy (non-hydrogen) atoms. The fraction of sp³-hybridized carbons (Fsp3) is 0.267. The summed E-state index contributed by atoms with van der Waals surface area (Å²) in [6.45, 7) is 3.67. The maximum atomic E-state index is 13.2. The van der Waals surface area contributed by atoms with E-state index in [1.165, 1.54) is 6.07 Å². The molecule has 0 saturated heterocycles. The Morgan fingerprint density at radius 3 is 2.90 bits per heavy atom. The van der Waals surface area contributed by atoms with Gasteiger partial charge in [0.1, 0.15) is 11.6 Å². The molecule has 3 nitrogen and oxygen atoms in total. The van der Waals surface area contributed by atoms with Crippen molar-refractivity contribution in [2.24, 2.45) is 0 Å². The van der Waals surface area contributed by atoms with Gasteiger partial charge >= 0.3 is 0 Å². The molecule has 112 valence electrons. The van der Waals surface area contributed by atoms with E-state index in [9.17, 15) is 4.39 Å². The summed E-state index contributed by atoms with van der Waals surface area (Å²) in [6, 6.07) is 6.22. The van der Waals surface area contributed by atoms with E-state index in [0.29, 0.717) is 27.7 Å². The molecule has 0 amide bonds. The van der Waals surface area contributed by atoms with Crippen LogP contribution in [0.25, 0.3) is 0 Å². The third-order valence-electron chi connectivity index (χ3n) is 2.77. The predicted octanol–water partition coefficient (Wildman–Crippen LogP) is 4.93. The van der Waals surface area contributed by atoms with Gasteiger partial charge in [0.2, 0.25) is 5.88 Å². The fourth-order valence-electron chi connectivity index (χ4n) is 1.71. The molecule has 2 rings (SSSR count). The van der Waals surface area contributed by atoms with Crippen molar-refractivity contribution in [3.63, 3.8) is 0 Å². The van der Waals surface area contributed by atoms with Crippen LogP contribution in [0.3, 0.4) is 0 Å². The van der Waals surface area contributed by atoms with Crippen molar-refractivity contribution in [3.8, 4) is 11.6 Å². The second kappa shape index (κ2) is 7.73. The molecule has 0 aliphatic heterocycles. The fourth-order valence-corrected chi connectivity index (χ4v) is 2.24. The highest BCUT2D eigenvalue weighted by Crippen LogP contribution is 2.27. The van der Waals surface area contributed by atoms with Crippen molar-refractivity contribution in [1.29, 1.82) is 0 Å². The van der Waals surface area contributed by atoms with Crippen LogP contribution < -0.4 is 10.1 Å². The van der Waals surface area contributed by atoms with Crippen LogP contribution in [-0.4, -0.2) is 11.5 Å². The molecule has 0 saturated carbocycles. The lowest BCUT2D eigenvalue weighted by molar-refractivity contribution is 0.459. The number of benzene rings is 1. The van der Waals surface area contributed by atoms with Crippen LogP contribution in [-0.2, 0) is 6.54 Å². The third-order valence-corrected chi connectivity index (χ3v) is 3.71. The lowest BCUT2D eigenvalue weighted by atomic mass is 10.2. The molecule has 0 atom stereocenters. The largest absolute Gasteiger partial charge is 0.439 e. The average Bonchev–Trinajstić information content (AvgIpc) is 2.46. The Morgan fingerprint density at radius 1 is 1.38 bits per heavy atom. The number of nitrogens with zero attached hydrogens (tertiary/aromatic N) is 1.